The minimum atomic E-state index is -0.440. The van der Waals surface area contributed by atoms with Crippen LogP contribution in [0.3, 0.4) is 0 Å². The van der Waals surface area contributed by atoms with Crippen molar-refractivity contribution in [1.82, 2.24) is 20.2 Å². The van der Waals surface area contributed by atoms with Crippen molar-refractivity contribution in [3.8, 4) is 5.69 Å². The van der Waals surface area contributed by atoms with E-state index < -0.39 is 5.25 Å². The zero-order valence-electron chi connectivity index (χ0n) is 21.2. The number of rotatable bonds is 9. The predicted octanol–water partition coefficient (Wildman–Crippen LogP) is 6.05. The van der Waals surface area contributed by atoms with Crippen LogP contribution in [-0.2, 0) is 11.3 Å². The van der Waals surface area contributed by atoms with E-state index in [4.69, 9.17) is 0 Å². The zero-order chi connectivity index (χ0) is 26.3. The van der Waals surface area contributed by atoms with Gasteiger partial charge in [-0.05, 0) is 60.5 Å². The van der Waals surface area contributed by atoms with Crippen LogP contribution in [0.1, 0.15) is 25.2 Å². The highest BCUT2D eigenvalue weighted by Crippen LogP contribution is 2.26. The van der Waals surface area contributed by atoms with Gasteiger partial charge in [-0.1, -0.05) is 84.6 Å². The van der Waals surface area contributed by atoms with Gasteiger partial charge in [0, 0.05) is 11.4 Å². The van der Waals surface area contributed by atoms with Crippen LogP contribution in [0.2, 0.25) is 0 Å². The van der Waals surface area contributed by atoms with Gasteiger partial charge in [-0.25, -0.2) is 5.43 Å². The van der Waals surface area contributed by atoms with Gasteiger partial charge in [-0.15, -0.1) is 10.2 Å². The van der Waals surface area contributed by atoms with E-state index in [2.05, 4.69) is 50.3 Å². The van der Waals surface area contributed by atoms with E-state index in [-0.39, 0.29) is 5.91 Å². The summed E-state index contributed by atoms with van der Waals surface area (Å²) in [5.41, 5.74) is 6.35. The lowest BCUT2D eigenvalue weighted by Gasteiger charge is -2.13. The van der Waals surface area contributed by atoms with Gasteiger partial charge in [0.15, 0.2) is 11.0 Å². The molecule has 38 heavy (non-hydrogen) atoms. The standard InChI is InChI=1S/C30H28N6OS/c1-21(24-18-17-23-11-9-10-12-25(23)19-24)32-34-29(37)22(2)38-30-35-33-28(20-31-26-13-5-3-6-14-26)36(30)27-15-7-4-8-16-27/h3-19,22,31H,20H2,1-2H3,(H,34,37)/b32-21+. The molecule has 0 aliphatic rings. The van der Waals surface area contributed by atoms with Gasteiger partial charge in [0.2, 0.25) is 0 Å². The van der Waals surface area contributed by atoms with E-state index in [1.165, 1.54) is 17.1 Å². The molecule has 1 aromatic heterocycles. The highest BCUT2D eigenvalue weighted by molar-refractivity contribution is 8.00. The Labute approximate surface area is 226 Å². The summed E-state index contributed by atoms with van der Waals surface area (Å²) in [4.78, 5) is 13.0. The van der Waals surface area contributed by atoms with Crippen LogP contribution in [0, 0.1) is 0 Å². The third-order valence-corrected chi connectivity index (χ3v) is 7.13. The summed E-state index contributed by atoms with van der Waals surface area (Å²) >= 11 is 1.35. The Bertz CT molecular complexity index is 1570. The normalized spacial score (nSPS) is 12.3. The first kappa shape index (κ1) is 25.2. The van der Waals surface area contributed by atoms with Gasteiger partial charge < -0.3 is 5.32 Å². The number of aromatic nitrogens is 3. The number of nitrogens with zero attached hydrogens (tertiary/aromatic N) is 4. The Morgan fingerprint density at radius 2 is 1.58 bits per heavy atom. The topological polar surface area (TPSA) is 84.2 Å². The molecule has 2 N–H and O–H groups in total. The molecule has 0 radical (unpaired) electrons. The minimum Gasteiger partial charge on any atom is -0.378 e. The number of carbonyl (C=O) groups is 1. The molecule has 4 aromatic carbocycles. The maximum Gasteiger partial charge on any atom is 0.253 e. The van der Waals surface area contributed by atoms with Gasteiger partial charge in [-0.2, -0.15) is 5.10 Å². The smallest absolute Gasteiger partial charge is 0.253 e. The van der Waals surface area contributed by atoms with E-state index in [0.717, 1.165) is 33.9 Å². The molecule has 8 heteroatoms. The second-order valence-corrected chi connectivity index (χ2v) is 10.1. The van der Waals surface area contributed by atoms with Crippen LogP contribution in [0.25, 0.3) is 16.5 Å². The maximum absolute atomic E-state index is 13.0. The number of para-hydroxylation sites is 2. The summed E-state index contributed by atoms with van der Waals surface area (Å²) in [5.74, 6) is 0.544. The second kappa shape index (κ2) is 11.7. The lowest BCUT2D eigenvalue weighted by Crippen LogP contribution is -2.28. The van der Waals surface area contributed by atoms with Crippen molar-refractivity contribution in [3.63, 3.8) is 0 Å². The molecule has 0 aliphatic heterocycles. The predicted molar refractivity (Wildman–Crippen MR) is 155 cm³/mol. The Morgan fingerprint density at radius 1 is 0.895 bits per heavy atom. The number of anilines is 1. The number of amides is 1. The Kier molecular flexibility index (Phi) is 7.80. The fourth-order valence-electron chi connectivity index (χ4n) is 3.99. The van der Waals surface area contributed by atoms with Crippen molar-refractivity contribution in [2.75, 3.05) is 5.32 Å². The molecule has 0 saturated carbocycles. The highest BCUT2D eigenvalue weighted by Gasteiger charge is 2.21. The van der Waals surface area contributed by atoms with Crippen LogP contribution in [-0.4, -0.2) is 31.6 Å². The summed E-state index contributed by atoms with van der Waals surface area (Å²) < 4.78 is 1.98. The van der Waals surface area contributed by atoms with Crippen LogP contribution >= 0.6 is 11.8 Å². The van der Waals surface area contributed by atoms with E-state index in [1.54, 1.807) is 0 Å². The second-order valence-electron chi connectivity index (χ2n) is 8.78. The average molecular weight is 521 g/mol. The zero-order valence-corrected chi connectivity index (χ0v) is 22.0. The number of hydrogen-bond acceptors (Lipinski definition) is 6. The molecule has 1 atom stereocenters. The SMILES string of the molecule is C/C(=N\NC(=O)C(C)Sc1nnc(CNc2ccccc2)n1-c1ccccc1)c1ccc2ccccc2c1. The highest BCUT2D eigenvalue weighted by atomic mass is 32.2. The number of thioether (sulfide) groups is 1. The Balaban J connectivity index is 1.30. The van der Waals surface area contributed by atoms with E-state index in [9.17, 15) is 4.79 Å². The summed E-state index contributed by atoms with van der Waals surface area (Å²) in [6.07, 6.45) is 0. The van der Waals surface area contributed by atoms with Crippen LogP contribution < -0.4 is 10.7 Å². The molecule has 0 spiro atoms. The van der Waals surface area contributed by atoms with Crippen LogP contribution in [0.5, 0.6) is 0 Å². The molecule has 0 saturated heterocycles. The van der Waals surface area contributed by atoms with Crippen molar-refractivity contribution in [2.45, 2.75) is 30.8 Å². The number of hydrogen-bond donors (Lipinski definition) is 2. The first-order chi connectivity index (χ1) is 18.6. The van der Waals surface area contributed by atoms with Gasteiger partial charge >= 0.3 is 0 Å². The molecule has 0 aliphatic carbocycles. The number of nitrogens with one attached hydrogen (secondary N) is 2. The lowest BCUT2D eigenvalue weighted by molar-refractivity contribution is -0.120. The van der Waals surface area contributed by atoms with E-state index in [1.807, 2.05) is 97.3 Å². The van der Waals surface area contributed by atoms with Gasteiger partial charge in [0.1, 0.15) is 0 Å². The number of carbonyl (C=O) groups excluding carboxylic acids is 1. The van der Waals surface area contributed by atoms with Crippen LogP contribution in [0.15, 0.2) is 113 Å². The van der Waals surface area contributed by atoms with Crippen molar-refractivity contribution >= 4 is 39.8 Å². The molecule has 0 bridgehead atoms. The first-order valence-corrected chi connectivity index (χ1v) is 13.2. The molecule has 190 valence electrons. The van der Waals surface area contributed by atoms with Gasteiger partial charge in [0.25, 0.3) is 5.91 Å². The number of hydrazone groups is 1. The number of fused-ring (bicyclic) bond motifs is 1. The molecule has 5 rings (SSSR count). The molecule has 7 nitrogen and oxygen atoms in total. The average Bonchev–Trinajstić information content (AvgIpc) is 3.37. The quantitative estimate of drug-likeness (QED) is 0.140. The molecule has 1 amide bonds. The summed E-state index contributed by atoms with van der Waals surface area (Å²) in [5, 5.41) is 19.1. The summed E-state index contributed by atoms with van der Waals surface area (Å²) in [6, 6.07) is 34.2. The largest absolute Gasteiger partial charge is 0.378 e. The lowest BCUT2D eigenvalue weighted by atomic mass is 10.0. The summed E-state index contributed by atoms with van der Waals surface area (Å²) in [6.45, 7) is 4.22. The number of benzene rings is 4. The van der Waals surface area contributed by atoms with Crippen molar-refractivity contribution in [2.24, 2.45) is 5.10 Å². The Hall–Kier alpha value is -4.43. The fourth-order valence-corrected chi connectivity index (χ4v) is 4.87. The molecule has 5 aromatic rings. The Morgan fingerprint density at radius 3 is 2.34 bits per heavy atom. The third kappa shape index (κ3) is 5.92. The summed E-state index contributed by atoms with van der Waals surface area (Å²) in [7, 11) is 0. The minimum absolute atomic E-state index is 0.207. The molecular formula is C30H28N6OS. The van der Waals surface area contributed by atoms with Gasteiger partial charge in [0.05, 0.1) is 17.5 Å². The molecule has 1 unspecified atom stereocenters. The molecule has 1 heterocycles. The van der Waals surface area contributed by atoms with Crippen molar-refractivity contribution in [1.29, 1.82) is 0 Å². The van der Waals surface area contributed by atoms with E-state index in [0.29, 0.717) is 11.7 Å². The maximum atomic E-state index is 13.0. The first-order valence-electron chi connectivity index (χ1n) is 12.4. The molecular weight excluding hydrogens is 492 g/mol. The molecule has 0 fully saturated rings. The van der Waals surface area contributed by atoms with Crippen molar-refractivity contribution < 1.29 is 4.79 Å². The fraction of sp³-hybridized carbons (Fsp3) is 0.133. The van der Waals surface area contributed by atoms with Gasteiger partial charge in [-0.3, -0.25) is 9.36 Å². The van der Waals surface area contributed by atoms with Crippen molar-refractivity contribution in [3.05, 3.63) is 115 Å². The van der Waals surface area contributed by atoms with Crippen LogP contribution in [0.4, 0.5) is 5.69 Å². The third-order valence-electron chi connectivity index (χ3n) is 6.09. The van der Waals surface area contributed by atoms with E-state index >= 15 is 0 Å². The monoisotopic (exact) mass is 520 g/mol.